The Morgan fingerprint density at radius 1 is 1.04 bits per heavy atom. The van der Waals surface area contributed by atoms with Gasteiger partial charge in [0.2, 0.25) is 5.91 Å². The standard InChI is InChI=1S/C20H21NO4/c1-13-3-7-15(8-4-13)19-20(16-9-5-14(2)6-10-16)25-12-17(22)21(19)11-18(23)24/h3-10,19-20H,11-12H2,1-2H3,(H,23,24). The third-order valence-electron chi connectivity index (χ3n) is 4.46. The number of hydrogen-bond donors (Lipinski definition) is 1. The van der Waals surface area contributed by atoms with Crippen LogP contribution in [0.4, 0.5) is 0 Å². The summed E-state index contributed by atoms with van der Waals surface area (Å²) in [5.74, 6) is -1.34. The number of benzene rings is 2. The van der Waals surface area contributed by atoms with Crippen molar-refractivity contribution in [3.63, 3.8) is 0 Å². The molecule has 1 heterocycles. The minimum Gasteiger partial charge on any atom is -0.480 e. The van der Waals surface area contributed by atoms with Crippen LogP contribution in [-0.2, 0) is 14.3 Å². The van der Waals surface area contributed by atoms with Crippen LogP contribution in [0, 0.1) is 13.8 Å². The van der Waals surface area contributed by atoms with Gasteiger partial charge in [0.1, 0.15) is 19.3 Å². The second-order valence-electron chi connectivity index (χ2n) is 6.41. The molecule has 1 fully saturated rings. The molecule has 0 saturated carbocycles. The van der Waals surface area contributed by atoms with Crippen LogP contribution >= 0.6 is 0 Å². The van der Waals surface area contributed by atoms with Gasteiger partial charge in [-0.2, -0.15) is 0 Å². The van der Waals surface area contributed by atoms with Crippen molar-refractivity contribution in [2.45, 2.75) is 26.0 Å². The van der Waals surface area contributed by atoms with Gasteiger partial charge in [-0.25, -0.2) is 0 Å². The molecule has 1 aliphatic rings. The lowest BCUT2D eigenvalue weighted by molar-refractivity contribution is -0.164. The van der Waals surface area contributed by atoms with Crippen LogP contribution in [0.2, 0.25) is 0 Å². The van der Waals surface area contributed by atoms with E-state index in [0.717, 1.165) is 22.3 Å². The average Bonchev–Trinajstić information content (AvgIpc) is 2.58. The van der Waals surface area contributed by atoms with Gasteiger partial charge >= 0.3 is 5.97 Å². The van der Waals surface area contributed by atoms with Crippen LogP contribution in [0.15, 0.2) is 48.5 Å². The van der Waals surface area contributed by atoms with Gasteiger partial charge in [0.15, 0.2) is 0 Å². The molecule has 1 N–H and O–H groups in total. The number of nitrogens with zero attached hydrogens (tertiary/aromatic N) is 1. The summed E-state index contributed by atoms with van der Waals surface area (Å²) in [5.41, 5.74) is 4.03. The number of rotatable bonds is 4. The van der Waals surface area contributed by atoms with Gasteiger partial charge in [0.05, 0.1) is 6.04 Å². The number of carboxylic acids is 1. The molecule has 1 saturated heterocycles. The molecular weight excluding hydrogens is 318 g/mol. The van der Waals surface area contributed by atoms with Crippen LogP contribution in [-0.4, -0.2) is 35.0 Å². The van der Waals surface area contributed by atoms with E-state index >= 15 is 0 Å². The first-order chi connectivity index (χ1) is 12.0. The van der Waals surface area contributed by atoms with E-state index in [1.54, 1.807) is 0 Å². The first-order valence-corrected chi connectivity index (χ1v) is 8.21. The monoisotopic (exact) mass is 339 g/mol. The first-order valence-electron chi connectivity index (χ1n) is 8.21. The normalized spacial score (nSPS) is 20.6. The van der Waals surface area contributed by atoms with Gasteiger partial charge in [-0.3, -0.25) is 9.59 Å². The summed E-state index contributed by atoms with van der Waals surface area (Å²) in [6.45, 7) is 3.53. The maximum Gasteiger partial charge on any atom is 0.323 e. The minimum atomic E-state index is -1.03. The third kappa shape index (κ3) is 3.72. The molecule has 5 nitrogen and oxygen atoms in total. The van der Waals surface area contributed by atoms with E-state index in [1.165, 1.54) is 4.90 Å². The highest BCUT2D eigenvalue weighted by Gasteiger charge is 2.39. The van der Waals surface area contributed by atoms with Crippen LogP contribution in [0.25, 0.3) is 0 Å². The van der Waals surface area contributed by atoms with Gasteiger partial charge in [0.25, 0.3) is 0 Å². The zero-order chi connectivity index (χ0) is 18.0. The second-order valence-corrected chi connectivity index (χ2v) is 6.41. The summed E-state index contributed by atoms with van der Waals surface area (Å²) >= 11 is 0. The number of aryl methyl sites for hydroxylation is 2. The molecule has 1 amide bonds. The van der Waals surface area contributed by atoms with Gasteiger partial charge in [-0.15, -0.1) is 0 Å². The van der Waals surface area contributed by atoms with E-state index < -0.39 is 18.1 Å². The Labute approximate surface area is 146 Å². The summed E-state index contributed by atoms with van der Waals surface area (Å²) in [4.78, 5) is 25.1. The molecule has 2 aromatic carbocycles. The highest BCUT2D eigenvalue weighted by molar-refractivity contribution is 5.83. The Morgan fingerprint density at radius 2 is 1.56 bits per heavy atom. The maximum atomic E-state index is 12.3. The molecule has 0 radical (unpaired) electrons. The van der Waals surface area contributed by atoms with E-state index in [1.807, 2.05) is 62.4 Å². The zero-order valence-electron chi connectivity index (χ0n) is 14.3. The molecule has 3 rings (SSSR count). The first kappa shape index (κ1) is 17.2. The number of hydrogen-bond acceptors (Lipinski definition) is 3. The molecule has 0 spiro atoms. The minimum absolute atomic E-state index is 0.117. The predicted molar refractivity (Wildman–Crippen MR) is 93.1 cm³/mol. The topological polar surface area (TPSA) is 66.8 Å². The number of amides is 1. The van der Waals surface area contributed by atoms with Crippen LogP contribution in [0.5, 0.6) is 0 Å². The molecule has 2 aromatic rings. The fourth-order valence-electron chi connectivity index (χ4n) is 3.14. The summed E-state index contributed by atoms with van der Waals surface area (Å²) in [5, 5.41) is 9.25. The quantitative estimate of drug-likeness (QED) is 0.930. The molecular formula is C20H21NO4. The number of morpholine rings is 1. The Bertz CT molecular complexity index is 767. The second kappa shape index (κ2) is 7.07. The zero-order valence-corrected chi connectivity index (χ0v) is 14.3. The Morgan fingerprint density at radius 3 is 2.08 bits per heavy atom. The Kier molecular flexibility index (Phi) is 4.86. The molecule has 0 aliphatic carbocycles. The largest absolute Gasteiger partial charge is 0.480 e. The summed E-state index contributed by atoms with van der Waals surface area (Å²) < 4.78 is 5.84. The summed E-state index contributed by atoms with van der Waals surface area (Å²) in [7, 11) is 0. The van der Waals surface area contributed by atoms with Gasteiger partial charge in [-0.05, 0) is 25.0 Å². The number of carboxylic acid groups (broad SMARTS) is 1. The van der Waals surface area contributed by atoms with Crippen molar-refractivity contribution in [3.05, 3.63) is 70.8 Å². The lowest BCUT2D eigenvalue weighted by Gasteiger charge is -2.40. The fraction of sp³-hybridized carbons (Fsp3) is 0.300. The van der Waals surface area contributed by atoms with E-state index in [4.69, 9.17) is 4.74 Å². The van der Waals surface area contributed by atoms with Gasteiger partial charge in [0, 0.05) is 0 Å². The summed E-state index contributed by atoms with van der Waals surface area (Å²) in [6, 6.07) is 15.2. The molecule has 0 bridgehead atoms. The van der Waals surface area contributed by atoms with Gasteiger partial charge < -0.3 is 14.7 Å². The van der Waals surface area contributed by atoms with E-state index in [-0.39, 0.29) is 19.1 Å². The molecule has 1 aliphatic heterocycles. The van der Waals surface area contributed by atoms with Crippen LogP contribution < -0.4 is 0 Å². The number of carbonyl (C=O) groups excluding carboxylic acids is 1. The smallest absolute Gasteiger partial charge is 0.323 e. The molecule has 2 atom stereocenters. The van der Waals surface area contributed by atoms with Crippen LogP contribution in [0.1, 0.15) is 34.4 Å². The van der Waals surface area contributed by atoms with Crippen molar-refractivity contribution >= 4 is 11.9 Å². The molecule has 2 unspecified atom stereocenters. The Balaban J connectivity index is 2.05. The summed E-state index contributed by atoms with van der Waals surface area (Å²) in [6.07, 6.45) is -0.402. The lowest BCUT2D eigenvalue weighted by Crippen LogP contribution is -2.47. The van der Waals surface area contributed by atoms with Crippen molar-refractivity contribution in [2.75, 3.05) is 13.2 Å². The number of ether oxygens (including phenoxy) is 1. The highest BCUT2D eigenvalue weighted by Crippen LogP contribution is 2.40. The average molecular weight is 339 g/mol. The maximum absolute atomic E-state index is 12.3. The van der Waals surface area contributed by atoms with Gasteiger partial charge in [-0.1, -0.05) is 59.7 Å². The third-order valence-corrected chi connectivity index (χ3v) is 4.46. The number of aliphatic carboxylic acids is 1. The lowest BCUT2D eigenvalue weighted by atomic mass is 9.92. The van der Waals surface area contributed by atoms with Crippen LogP contribution in [0.3, 0.4) is 0 Å². The SMILES string of the molecule is Cc1ccc(C2OCC(=O)N(CC(=O)O)C2c2ccc(C)cc2)cc1. The van der Waals surface area contributed by atoms with E-state index in [2.05, 4.69) is 0 Å². The van der Waals surface area contributed by atoms with Crippen molar-refractivity contribution < 1.29 is 19.4 Å². The highest BCUT2D eigenvalue weighted by atomic mass is 16.5. The van der Waals surface area contributed by atoms with Crippen molar-refractivity contribution in [1.82, 2.24) is 4.90 Å². The number of carbonyl (C=O) groups is 2. The predicted octanol–water partition coefficient (Wildman–Crippen LogP) is 3.03. The molecule has 25 heavy (non-hydrogen) atoms. The van der Waals surface area contributed by atoms with Crippen molar-refractivity contribution in [2.24, 2.45) is 0 Å². The van der Waals surface area contributed by atoms with E-state index in [0.29, 0.717) is 0 Å². The molecule has 5 heteroatoms. The molecule has 0 aromatic heterocycles. The molecule has 130 valence electrons. The Hall–Kier alpha value is -2.66. The fourth-order valence-corrected chi connectivity index (χ4v) is 3.14. The van der Waals surface area contributed by atoms with E-state index in [9.17, 15) is 14.7 Å². The van der Waals surface area contributed by atoms with Crippen molar-refractivity contribution in [1.29, 1.82) is 0 Å². The van der Waals surface area contributed by atoms with Crippen molar-refractivity contribution in [3.8, 4) is 0 Å².